The summed E-state index contributed by atoms with van der Waals surface area (Å²) in [6.07, 6.45) is 2.98. The van der Waals surface area contributed by atoms with Gasteiger partial charge >= 0.3 is 0 Å². The maximum absolute atomic E-state index is 12.4. The van der Waals surface area contributed by atoms with Crippen molar-refractivity contribution in [2.75, 3.05) is 0 Å². The van der Waals surface area contributed by atoms with Crippen LogP contribution >= 0.6 is 0 Å². The van der Waals surface area contributed by atoms with Gasteiger partial charge in [0.15, 0.2) is 5.69 Å². The number of imidazole rings is 1. The van der Waals surface area contributed by atoms with Crippen LogP contribution in [-0.2, 0) is 13.1 Å². The topological polar surface area (TPSA) is 99.8 Å². The lowest BCUT2D eigenvalue weighted by molar-refractivity contribution is 0.0911. The number of nitrogens with zero attached hydrogens (tertiary/aromatic N) is 2. The zero-order valence-corrected chi connectivity index (χ0v) is 14.3. The predicted octanol–water partition coefficient (Wildman–Crippen LogP) is 1.97. The van der Waals surface area contributed by atoms with E-state index in [9.17, 15) is 9.59 Å². The molecule has 26 heavy (non-hydrogen) atoms. The summed E-state index contributed by atoms with van der Waals surface area (Å²) in [5.74, 6) is -0.813. The Hall–Kier alpha value is -3.48. The number of carbonyl (C=O) groups is 2. The molecule has 7 heteroatoms. The fourth-order valence-corrected chi connectivity index (χ4v) is 2.47. The van der Waals surface area contributed by atoms with Crippen LogP contribution in [0.3, 0.4) is 0 Å². The second-order valence-electron chi connectivity index (χ2n) is 5.74. The summed E-state index contributed by atoms with van der Waals surface area (Å²) < 4.78 is 0. The van der Waals surface area contributed by atoms with Crippen molar-refractivity contribution in [3.8, 4) is 0 Å². The first kappa shape index (κ1) is 17.3. The predicted molar refractivity (Wildman–Crippen MR) is 96.3 cm³/mol. The van der Waals surface area contributed by atoms with Gasteiger partial charge in [-0.3, -0.25) is 14.6 Å². The molecule has 3 aromatic rings. The highest BCUT2D eigenvalue weighted by Gasteiger charge is 2.20. The number of pyridine rings is 1. The van der Waals surface area contributed by atoms with E-state index in [1.54, 1.807) is 18.3 Å². The lowest BCUT2D eigenvalue weighted by Gasteiger charge is -2.08. The van der Waals surface area contributed by atoms with Gasteiger partial charge < -0.3 is 15.6 Å². The number of hydrogen-bond acceptors (Lipinski definition) is 4. The van der Waals surface area contributed by atoms with E-state index in [-0.39, 0.29) is 23.8 Å². The molecule has 0 bridgehead atoms. The Kier molecular flexibility index (Phi) is 5.38. The number of H-pyrrole nitrogens is 1. The maximum atomic E-state index is 12.4. The molecule has 0 spiro atoms. The van der Waals surface area contributed by atoms with Crippen LogP contribution in [-0.4, -0.2) is 26.8 Å². The Bertz CT molecular complexity index is 905. The number of rotatable bonds is 6. The highest BCUT2D eigenvalue weighted by atomic mass is 16.2. The summed E-state index contributed by atoms with van der Waals surface area (Å²) in [5, 5.41) is 5.52. The monoisotopic (exact) mass is 349 g/mol. The van der Waals surface area contributed by atoms with Gasteiger partial charge in [-0.2, -0.15) is 0 Å². The van der Waals surface area contributed by atoms with Gasteiger partial charge in [-0.1, -0.05) is 30.3 Å². The molecule has 0 aliphatic heterocycles. The van der Waals surface area contributed by atoms with E-state index >= 15 is 0 Å². The standard InChI is InChI=1S/C19H19N5O2/c1-13-6-2-3-7-14(13)10-21-18(25)16-17(24-12-23-16)19(26)22-11-15-8-4-5-9-20-15/h2-9,12H,10-11H2,1H3,(H,21,25)(H,22,26)(H,23,24). The van der Waals surface area contributed by atoms with Crippen molar-refractivity contribution < 1.29 is 9.59 Å². The molecule has 0 aliphatic carbocycles. The number of carbonyl (C=O) groups excluding carboxylic acids is 2. The van der Waals surface area contributed by atoms with Gasteiger partial charge in [0.25, 0.3) is 11.8 Å². The van der Waals surface area contributed by atoms with Crippen molar-refractivity contribution in [1.82, 2.24) is 25.6 Å². The molecule has 1 aromatic carbocycles. The minimum Gasteiger partial charge on any atom is -0.347 e. The maximum Gasteiger partial charge on any atom is 0.272 e. The van der Waals surface area contributed by atoms with Crippen LogP contribution in [0.5, 0.6) is 0 Å². The first-order valence-corrected chi connectivity index (χ1v) is 8.19. The van der Waals surface area contributed by atoms with E-state index in [0.29, 0.717) is 6.54 Å². The quantitative estimate of drug-likeness (QED) is 0.633. The second kappa shape index (κ2) is 8.06. The molecule has 0 aliphatic rings. The summed E-state index contributed by atoms with van der Waals surface area (Å²) in [4.78, 5) is 35.6. The van der Waals surface area contributed by atoms with E-state index in [0.717, 1.165) is 16.8 Å². The number of nitrogens with one attached hydrogen (secondary N) is 3. The normalized spacial score (nSPS) is 10.3. The zero-order valence-electron chi connectivity index (χ0n) is 14.3. The third-order valence-electron chi connectivity index (χ3n) is 3.94. The molecule has 7 nitrogen and oxygen atoms in total. The van der Waals surface area contributed by atoms with Gasteiger partial charge in [0.2, 0.25) is 0 Å². The van der Waals surface area contributed by atoms with Gasteiger partial charge in [0.05, 0.1) is 18.6 Å². The summed E-state index contributed by atoms with van der Waals surface area (Å²) >= 11 is 0. The highest BCUT2D eigenvalue weighted by molar-refractivity contribution is 6.04. The molecule has 0 saturated heterocycles. The van der Waals surface area contributed by atoms with E-state index in [4.69, 9.17) is 0 Å². The molecule has 0 unspecified atom stereocenters. The zero-order chi connectivity index (χ0) is 18.4. The molecule has 0 atom stereocenters. The van der Waals surface area contributed by atoms with E-state index in [2.05, 4.69) is 25.6 Å². The van der Waals surface area contributed by atoms with Gasteiger partial charge in [0, 0.05) is 12.7 Å². The molecule has 2 amide bonds. The van der Waals surface area contributed by atoms with Crippen LogP contribution in [0.1, 0.15) is 37.8 Å². The minimum absolute atomic E-state index is 0.0585. The fraction of sp³-hybridized carbons (Fsp3) is 0.158. The van der Waals surface area contributed by atoms with E-state index in [1.165, 1.54) is 6.33 Å². The van der Waals surface area contributed by atoms with Crippen molar-refractivity contribution in [3.63, 3.8) is 0 Å². The van der Waals surface area contributed by atoms with Crippen molar-refractivity contribution in [3.05, 3.63) is 83.2 Å². The third-order valence-corrected chi connectivity index (χ3v) is 3.94. The largest absolute Gasteiger partial charge is 0.347 e. The second-order valence-corrected chi connectivity index (χ2v) is 5.74. The van der Waals surface area contributed by atoms with Crippen LogP contribution in [0, 0.1) is 6.92 Å². The fourth-order valence-electron chi connectivity index (χ4n) is 2.47. The molecule has 132 valence electrons. The lowest BCUT2D eigenvalue weighted by atomic mass is 10.1. The third kappa shape index (κ3) is 4.13. The Morgan fingerprint density at radius 3 is 2.50 bits per heavy atom. The Balaban J connectivity index is 1.62. The average Bonchev–Trinajstić information content (AvgIpc) is 3.16. The average molecular weight is 349 g/mol. The number of benzene rings is 1. The molecule has 0 saturated carbocycles. The molecule has 2 aromatic heterocycles. The van der Waals surface area contributed by atoms with Crippen molar-refractivity contribution in [1.29, 1.82) is 0 Å². The first-order chi connectivity index (χ1) is 12.6. The van der Waals surface area contributed by atoms with Gasteiger partial charge in [-0.05, 0) is 30.2 Å². The molecule has 0 radical (unpaired) electrons. The van der Waals surface area contributed by atoms with Crippen LogP contribution in [0.2, 0.25) is 0 Å². The molecule has 3 N–H and O–H groups in total. The Morgan fingerprint density at radius 2 is 1.73 bits per heavy atom. The van der Waals surface area contributed by atoms with Crippen LogP contribution in [0.4, 0.5) is 0 Å². The summed E-state index contributed by atoms with van der Waals surface area (Å²) in [6, 6.07) is 13.2. The minimum atomic E-state index is -0.432. The Labute approximate surface area is 150 Å². The van der Waals surface area contributed by atoms with Gasteiger partial charge in [-0.25, -0.2) is 4.98 Å². The van der Waals surface area contributed by atoms with Gasteiger partial charge in [-0.15, -0.1) is 0 Å². The molecule has 3 rings (SSSR count). The molecular formula is C19H19N5O2. The summed E-state index contributed by atoms with van der Waals surface area (Å²) in [5.41, 5.74) is 3.02. The number of aromatic amines is 1. The first-order valence-electron chi connectivity index (χ1n) is 8.19. The number of aryl methyl sites for hydroxylation is 1. The Morgan fingerprint density at radius 1 is 0.962 bits per heavy atom. The molecule has 0 fully saturated rings. The van der Waals surface area contributed by atoms with Crippen LogP contribution < -0.4 is 10.6 Å². The highest BCUT2D eigenvalue weighted by Crippen LogP contribution is 2.08. The van der Waals surface area contributed by atoms with Crippen molar-refractivity contribution in [2.24, 2.45) is 0 Å². The smallest absolute Gasteiger partial charge is 0.272 e. The molecular weight excluding hydrogens is 330 g/mol. The van der Waals surface area contributed by atoms with Crippen molar-refractivity contribution in [2.45, 2.75) is 20.0 Å². The lowest BCUT2D eigenvalue weighted by Crippen LogP contribution is -2.29. The van der Waals surface area contributed by atoms with Crippen LogP contribution in [0.15, 0.2) is 55.0 Å². The van der Waals surface area contributed by atoms with Crippen LogP contribution in [0.25, 0.3) is 0 Å². The van der Waals surface area contributed by atoms with E-state index < -0.39 is 5.91 Å². The molecule has 2 heterocycles. The summed E-state index contributed by atoms with van der Waals surface area (Å²) in [6.45, 7) is 2.62. The number of aromatic nitrogens is 3. The van der Waals surface area contributed by atoms with Gasteiger partial charge in [0.1, 0.15) is 5.69 Å². The SMILES string of the molecule is Cc1ccccc1CNC(=O)c1[nH]cnc1C(=O)NCc1ccccn1. The van der Waals surface area contributed by atoms with E-state index in [1.807, 2.05) is 37.3 Å². The van der Waals surface area contributed by atoms with Crippen molar-refractivity contribution >= 4 is 11.8 Å². The number of hydrogen-bond donors (Lipinski definition) is 3. The summed E-state index contributed by atoms with van der Waals surface area (Å²) in [7, 11) is 0. The number of amides is 2.